The average molecular weight is 628 g/mol. The summed E-state index contributed by atoms with van der Waals surface area (Å²) < 4.78 is 8.47. The summed E-state index contributed by atoms with van der Waals surface area (Å²) in [6.45, 7) is 4.16. The minimum atomic E-state index is -0.498. The Hall–Kier alpha value is -3.37. The normalized spacial score (nSPS) is 11.4. The van der Waals surface area contributed by atoms with E-state index in [-0.39, 0.29) is 23.6 Å². The Kier molecular flexibility index (Phi) is 8.50. The molecule has 0 bridgehead atoms. The molecule has 0 aliphatic carbocycles. The fourth-order valence-corrected chi connectivity index (χ4v) is 4.70. The van der Waals surface area contributed by atoms with Gasteiger partial charge in [-0.3, -0.25) is 14.9 Å². The summed E-state index contributed by atoms with van der Waals surface area (Å²) >= 11 is 6.75. The van der Waals surface area contributed by atoms with Crippen molar-refractivity contribution in [3.63, 3.8) is 0 Å². The van der Waals surface area contributed by atoms with Crippen molar-refractivity contribution < 1.29 is 9.66 Å². The number of nitro benzene ring substituents is 1. The van der Waals surface area contributed by atoms with Gasteiger partial charge in [0.15, 0.2) is 0 Å². The van der Waals surface area contributed by atoms with Crippen LogP contribution >= 0.6 is 31.9 Å². The van der Waals surface area contributed by atoms with E-state index in [0.29, 0.717) is 33.2 Å². The number of aromatic nitrogens is 2. The molecule has 37 heavy (non-hydrogen) atoms. The first-order valence-corrected chi connectivity index (χ1v) is 13.3. The standard InChI is InChI=1S/C27H24Br2N4O4/c1-3-4-8-25-31-23-10-9-20(28)13-22(23)27(34)32(25)30-15-19-12-21(29)14-24(33(35)36)26(19)37-16-18-7-5-6-17(2)11-18/h5-7,9-15H,3-4,8,16H2,1-2H3. The smallest absolute Gasteiger partial charge is 0.312 e. The van der Waals surface area contributed by atoms with Gasteiger partial charge in [-0.05, 0) is 43.2 Å². The van der Waals surface area contributed by atoms with Crippen LogP contribution in [0.15, 0.2) is 73.4 Å². The molecule has 8 nitrogen and oxygen atoms in total. The van der Waals surface area contributed by atoms with Gasteiger partial charge in [0.2, 0.25) is 5.75 Å². The number of fused-ring (bicyclic) bond motifs is 1. The van der Waals surface area contributed by atoms with Crippen LogP contribution in [0.25, 0.3) is 10.9 Å². The molecule has 0 saturated carbocycles. The third-order valence-electron chi connectivity index (χ3n) is 5.67. The van der Waals surface area contributed by atoms with Crippen molar-refractivity contribution in [2.75, 3.05) is 0 Å². The van der Waals surface area contributed by atoms with Crippen LogP contribution in [-0.2, 0) is 13.0 Å². The van der Waals surface area contributed by atoms with Crippen molar-refractivity contribution >= 4 is 54.7 Å². The summed E-state index contributed by atoms with van der Waals surface area (Å²) in [4.78, 5) is 29.4. The Balaban J connectivity index is 1.81. The largest absolute Gasteiger partial charge is 0.481 e. The predicted molar refractivity (Wildman–Crippen MR) is 152 cm³/mol. The maximum atomic E-state index is 13.4. The van der Waals surface area contributed by atoms with Gasteiger partial charge in [-0.25, -0.2) is 4.98 Å². The van der Waals surface area contributed by atoms with Gasteiger partial charge in [0.05, 0.1) is 22.0 Å². The average Bonchev–Trinajstić information content (AvgIpc) is 2.86. The number of ether oxygens (including phenoxy) is 1. The van der Waals surface area contributed by atoms with E-state index in [2.05, 4.69) is 48.9 Å². The molecule has 0 aliphatic rings. The summed E-state index contributed by atoms with van der Waals surface area (Å²) in [5, 5.41) is 16.7. The zero-order valence-corrected chi connectivity index (χ0v) is 23.5. The highest BCUT2D eigenvalue weighted by Crippen LogP contribution is 2.34. The van der Waals surface area contributed by atoms with Gasteiger partial charge in [0.1, 0.15) is 12.4 Å². The molecule has 0 radical (unpaired) electrons. The second-order valence-corrected chi connectivity index (χ2v) is 10.4. The molecule has 0 amide bonds. The van der Waals surface area contributed by atoms with Crippen molar-refractivity contribution in [1.82, 2.24) is 9.66 Å². The van der Waals surface area contributed by atoms with Gasteiger partial charge in [0.25, 0.3) is 5.56 Å². The first-order valence-electron chi connectivity index (χ1n) is 11.7. The number of nitrogens with zero attached hydrogens (tertiary/aromatic N) is 4. The Labute approximate surface area is 230 Å². The van der Waals surface area contributed by atoms with Gasteiger partial charge in [0, 0.05) is 27.0 Å². The monoisotopic (exact) mass is 626 g/mol. The van der Waals surface area contributed by atoms with E-state index < -0.39 is 4.92 Å². The van der Waals surface area contributed by atoms with Crippen LogP contribution in [0.2, 0.25) is 0 Å². The number of hydrogen-bond donors (Lipinski definition) is 0. The highest BCUT2D eigenvalue weighted by atomic mass is 79.9. The van der Waals surface area contributed by atoms with Crippen molar-refractivity contribution in [2.45, 2.75) is 39.7 Å². The van der Waals surface area contributed by atoms with Crippen molar-refractivity contribution in [1.29, 1.82) is 0 Å². The quantitative estimate of drug-likeness (QED) is 0.114. The van der Waals surface area contributed by atoms with E-state index in [1.807, 2.05) is 37.3 Å². The van der Waals surface area contributed by atoms with Gasteiger partial charge in [-0.1, -0.05) is 75.0 Å². The lowest BCUT2D eigenvalue weighted by atomic mass is 10.1. The lowest BCUT2D eigenvalue weighted by Crippen LogP contribution is -2.22. The summed E-state index contributed by atoms with van der Waals surface area (Å²) in [5.41, 5.74) is 2.36. The van der Waals surface area contributed by atoms with Crippen molar-refractivity contribution in [3.05, 3.63) is 107 Å². The Morgan fingerprint density at radius 3 is 2.68 bits per heavy atom. The molecule has 0 N–H and O–H groups in total. The molecule has 1 heterocycles. The molecule has 4 aromatic rings. The minimum Gasteiger partial charge on any atom is -0.481 e. The third kappa shape index (κ3) is 6.31. The predicted octanol–water partition coefficient (Wildman–Crippen LogP) is 6.94. The Morgan fingerprint density at radius 2 is 1.95 bits per heavy atom. The van der Waals surface area contributed by atoms with Gasteiger partial charge < -0.3 is 4.74 Å². The zero-order chi connectivity index (χ0) is 26.5. The third-order valence-corrected chi connectivity index (χ3v) is 6.62. The molecule has 0 saturated heterocycles. The Bertz CT molecular complexity index is 1570. The number of nitro groups is 1. The zero-order valence-electron chi connectivity index (χ0n) is 20.3. The maximum absolute atomic E-state index is 13.4. The van der Waals surface area contributed by atoms with Gasteiger partial charge >= 0.3 is 5.69 Å². The minimum absolute atomic E-state index is 0.0677. The maximum Gasteiger partial charge on any atom is 0.312 e. The highest BCUT2D eigenvalue weighted by Gasteiger charge is 2.21. The van der Waals surface area contributed by atoms with Crippen LogP contribution in [0.5, 0.6) is 5.75 Å². The lowest BCUT2D eigenvalue weighted by molar-refractivity contribution is -0.386. The number of benzene rings is 3. The first kappa shape index (κ1) is 26.7. The van der Waals surface area contributed by atoms with Crippen LogP contribution in [0, 0.1) is 17.0 Å². The molecular weight excluding hydrogens is 604 g/mol. The lowest BCUT2D eigenvalue weighted by Gasteiger charge is -2.12. The molecular formula is C27H24Br2N4O4. The van der Waals surface area contributed by atoms with Crippen molar-refractivity contribution in [3.8, 4) is 5.75 Å². The van der Waals surface area contributed by atoms with E-state index in [0.717, 1.165) is 28.4 Å². The molecule has 0 spiro atoms. The molecule has 0 aliphatic heterocycles. The second kappa shape index (κ2) is 11.8. The second-order valence-electron chi connectivity index (χ2n) is 8.53. The van der Waals surface area contributed by atoms with Crippen LogP contribution in [0.3, 0.4) is 0 Å². The van der Waals surface area contributed by atoms with E-state index >= 15 is 0 Å². The number of unbranched alkanes of at least 4 members (excludes halogenated alkanes) is 1. The van der Waals surface area contributed by atoms with Crippen LogP contribution < -0.4 is 10.3 Å². The molecule has 3 aromatic carbocycles. The van der Waals surface area contributed by atoms with Crippen LogP contribution in [0.1, 0.15) is 42.3 Å². The topological polar surface area (TPSA) is 99.6 Å². The summed E-state index contributed by atoms with van der Waals surface area (Å²) in [5.74, 6) is 0.586. The summed E-state index contributed by atoms with van der Waals surface area (Å²) in [6.07, 6.45) is 3.72. The summed E-state index contributed by atoms with van der Waals surface area (Å²) in [6, 6.07) is 16.1. The van der Waals surface area contributed by atoms with Crippen molar-refractivity contribution in [2.24, 2.45) is 5.10 Å². The fourth-order valence-electron chi connectivity index (χ4n) is 3.88. The molecule has 0 fully saturated rings. The highest BCUT2D eigenvalue weighted by molar-refractivity contribution is 9.10. The summed E-state index contributed by atoms with van der Waals surface area (Å²) in [7, 11) is 0. The molecule has 190 valence electrons. The number of hydrogen-bond acceptors (Lipinski definition) is 6. The number of halogens is 2. The van der Waals surface area contributed by atoms with Crippen LogP contribution in [-0.4, -0.2) is 20.8 Å². The van der Waals surface area contributed by atoms with E-state index in [4.69, 9.17) is 4.74 Å². The SMILES string of the molecule is CCCCc1nc2ccc(Br)cc2c(=O)n1N=Cc1cc(Br)cc([N+](=O)[O-])c1OCc1cccc(C)c1. The number of aryl methyl sites for hydroxylation is 2. The first-order chi connectivity index (χ1) is 17.8. The van der Waals surface area contributed by atoms with E-state index in [1.165, 1.54) is 17.0 Å². The van der Waals surface area contributed by atoms with Gasteiger partial charge in [-0.15, -0.1) is 0 Å². The van der Waals surface area contributed by atoms with E-state index in [1.54, 1.807) is 18.2 Å². The van der Waals surface area contributed by atoms with Gasteiger partial charge in [-0.2, -0.15) is 9.78 Å². The molecule has 1 aromatic heterocycles. The Morgan fingerprint density at radius 1 is 1.14 bits per heavy atom. The fraction of sp³-hybridized carbons (Fsp3) is 0.222. The van der Waals surface area contributed by atoms with E-state index in [9.17, 15) is 14.9 Å². The number of rotatable bonds is 9. The molecule has 0 unspecified atom stereocenters. The van der Waals surface area contributed by atoms with Crippen LogP contribution in [0.4, 0.5) is 5.69 Å². The molecule has 10 heteroatoms. The molecule has 0 atom stereocenters. The molecule has 4 rings (SSSR count).